The Morgan fingerprint density at radius 1 is 0.929 bits per heavy atom. The second kappa shape index (κ2) is 22.6. The van der Waals surface area contributed by atoms with Gasteiger partial charge in [-0.2, -0.15) is 0 Å². The minimum atomic E-state index is -0.497. The molecule has 1 saturated heterocycles. The van der Waals surface area contributed by atoms with E-state index in [0.717, 1.165) is 70.6 Å². The predicted octanol–water partition coefficient (Wildman–Crippen LogP) is 5.27. The van der Waals surface area contributed by atoms with Crippen LogP contribution in [0.1, 0.15) is 88.5 Å². The number of rotatable bonds is 9. The van der Waals surface area contributed by atoms with Gasteiger partial charge in [-0.3, -0.25) is 24.3 Å². The molecule has 0 aromatic heterocycles. The molecule has 2 N–H and O–H groups in total. The van der Waals surface area contributed by atoms with E-state index in [-0.39, 0.29) is 24.5 Å². The molecule has 1 aliphatic heterocycles. The van der Waals surface area contributed by atoms with Crippen LogP contribution >= 0.6 is 0 Å². The molecule has 1 aliphatic rings. The summed E-state index contributed by atoms with van der Waals surface area (Å²) in [6.45, 7) is 35.3. The summed E-state index contributed by atoms with van der Waals surface area (Å²) in [6.07, 6.45) is 2.67. The van der Waals surface area contributed by atoms with Gasteiger partial charge in [-0.25, -0.2) is 0 Å². The largest absolute Gasteiger partial charge is 0.516 e. The van der Waals surface area contributed by atoms with Crippen LogP contribution in [0.2, 0.25) is 0 Å². The van der Waals surface area contributed by atoms with E-state index in [4.69, 9.17) is 14.6 Å². The van der Waals surface area contributed by atoms with Gasteiger partial charge in [-0.15, -0.1) is 0 Å². The zero-order valence-electron chi connectivity index (χ0n) is 29.1. The van der Waals surface area contributed by atoms with Gasteiger partial charge in [0.25, 0.3) is 0 Å². The van der Waals surface area contributed by atoms with Crippen molar-refractivity contribution >= 4 is 11.9 Å². The highest BCUT2D eigenvalue weighted by atomic mass is 16.6. The van der Waals surface area contributed by atoms with E-state index in [1.807, 2.05) is 20.8 Å². The number of aliphatic hydroxyl groups excluding tert-OH is 1. The maximum atomic E-state index is 12.6. The third kappa shape index (κ3) is 24.6. The van der Waals surface area contributed by atoms with E-state index in [1.165, 1.54) is 7.11 Å². The average molecular weight is 599 g/mol. The van der Waals surface area contributed by atoms with Crippen LogP contribution in [0.4, 0.5) is 0 Å². The number of ether oxygens (including phenoxy) is 2. The van der Waals surface area contributed by atoms with Gasteiger partial charge in [0.2, 0.25) is 0 Å². The number of carbonyl (C=O) groups excluding carboxylic acids is 2. The number of nitrogens with zero attached hydrogens (tertiary/aromatic N) is 3. The zero-order chi connectivity index (χ0) is 32.9. The van der Waals surface area contributed by atoms with Crippen molar-refractivity contribution in [3.8, 4) is 0 Å². The van der Waals surface area contributed by atoms with Gasteiger partial charge in [0, 0.05) is 70.9 Å². The van der Waals surface area contributed by atoms with Gasteiger partial charge in [-0.05, 0) is 52.9 Å². The van der Waals surface area contributed by atoms with Crippen LogP contribution in [0.5, 0.6) is 0 Å². The molecule has 42 heavy (non-hydrogen) atoms. The third-order valence-corrected chi connectivity index (χ3v) is 6.28. The Labute approximate surface area is 258 Å². The second-order valence-corrected chi connectivity index (χ2v) is 13.6. The molecule has 0 aliphatic carbocycles. The molecule has 9 heteroatoms. The van der Waals surface area contributed by atoms with Crippen molar-refractivity contribution in [1.82, 2.24) is 20.0 Å². The highest BCUT2D eigenvalue weighted by Crippen LogP contribution is 2.19. The van der Waals surface area contributed by atoms with Gasteiger partial charge < -0.3 is 19.9 Å². The number of carbonyl (C=O) groups is 2. The number of esters is 2. The van der Waals surface area contributed by atoms with E-state index in [2.05, 4.69) is 81.6 Å². The molecule has 0 amide bonds. The first-order chi connectivity index (χ1) is 19.4. The van der Waals surface area contributed by atoms with Crippen molar-refractivity contribution in [2.24, 2.45) is 5.41 Å². The van der Waals surface area contributed by atoms with Crippen LogP contribution < -0.4 is 5.32 Å². The molecule has 1 rings (SSSR count). The summed E-state index contributed by atoms with van der Waals surface area (Å²) in [5.41, 5.74) is 1.13. The van der Waals surface area contributed by atoms with Crippen LogP contribution in [0.15, 0.2) is 25.0 Å². The maximum absolute atomic E-state index is 12.6. The summed E-state index contributed by atoms with van der Waals surface area (Å²) >= 11 is 0. The smallest absolute Gasteiger partial charge is 0.320 e. The Balaban J connectivity index is 0. The second-order valence-electron chi connectivity index (χ2n) is 13.6. The lowest BCUT2D eigenvalue weighted by molar-refractivity contribution is -0.156. The molecule has 1 atom stereocenters. The Kier molecular flexibility index (Phi) is 22.7. The lowest BCUT2D eigenvalue weighted by Gasteiger charge is -2.36. The topological polar surface area (TPSA) is 94.6 Å². The lowest BCUT2D eigenvalue weighted by Crippen LogP contribution is -2.50. The number of hydrogen-bond acceptors (Lipinski definition) is 9. The summed E-state index contributed by atoms with van der Waals surface area (Å²) in [5.74, 6) is -0.383. The third-order valence-electron chi connectivity index (χ3n) is 6.28. The number of nitrogens with one attached hydrogen (secondary N) is 1. The molecule has 0 spiro atoms. The average Bonchev–Trinajstić information content (AvgIpc) is 2.84. The molecule has 0 aromatic rings. The molecule has 9 nitrogen and oxygen atoms in total. The first-order valence-corrected chi connectivity index (χ1v) is 15.5. The summed E-state index contributed by atoms with van der Waals surface area (Å²) in [7, 11) is 1.43. The minimum absolute atomic E-state index is 0.101. The van der Waals surface area contributed by atoms with E-state index in [0.29, 0.717) is 24.3 Å². The summed E-state index contributed by atoms with van der Waals surface area (Å²) in [4.78, 5) is 31.5. The van der Waals surface area contributed by atoms with E-state index < -0.39 is 5.60 Å². The summed E-state index contributed by atoms with van der Waals surface area (Å²) in [6, 6.07) is 0.546. The first kappa shape index (κ1) is 42.2. The Morgan fingerprint density at radius 3 is 1.83 bits per heavy atom. The van der Waals surface area contributed by atoms with Gasteiger partial charge in [0.1, 0.15) is 5.60 Å². The SMILES string of the molecule is C=C(CC)C(CCC(=O)OC)N1CCNCCN(C(C)C)CCN(CC(=O)OC(C)(C)C)CC1.C=CO.CC(C)(C)C. The van der Waals surface area contributed by atoms with Crippen molar-refractivity contribution in [3.05, 3.63) is 25.0 Å². The van der Waals surface area contributed by atoms with E-state index in [1.54, 1.807) is 0 Å². The van der Waals surface area contributed by atoms with Gasteiger partial charge in [-0.1, -0.05) is 53.3 Å². The number of hydrogen-bond donors (Lipinski definition) is 2. The van der Waals surface area contributed by atoms with E-state index >= 15 is 0 Å². The standard InChI is InChI=1S/C26H50N4O4.C5H12.C2H4O/c1-9-22(4)23(10-11-24(31)33-8)30-15-13-27-12-14-29(21(2)3)18-16-28(17-19-30)20-25(32)34-26(5,6)7;1-5(2,3)4;1-2-3/h21,23,27H,4,9-20H2,1-3,5-8H3;1-4H3;2-3H,1H2. The normalized spacial score (nSPS) is 17.2. The van der Waals surface area contributed by atoms with E-state index in [9.17, 15) is 9.59 Å². The Hall–Kier alpha value is -1.94. The molecular formula is C33H66N4O5. The molecule has 248 valence electrons. The fourth-order valence-electron chi connectivity index (χ4n) is 4.23. The van der Waals surface area contributed by atoms with Gasteiger partial charge in [0.05, 0.1) is 19.9 Å². The molecular weight excluding hydrogens is 532 g/mol. The predicted molar refractivity (Wildman–Crippen MR) is 176 cm³/mol. The van der Waals surface area contributed by atoms with Crippen molar-refractivity contribution < 1.29 is 24.2 Å². The summed E-state index contributed by atoms with van der Waals surface area (Å²) < 4.78 is 10.5. The molecule has 0 bridgehead atoms. The maximum Gasteiger partial charge on any atom is 0.320 e. The quantitative estimate of drug-likeness (QED) is 0.209. The van der Waals surface area contributed by atoms with Crippen molar-refractivity contribution in [2.75, 3.05) is 66.0 Å². The molecule has 0 saturated carbocycles. The van der Waals surface area contributed by atoms with Crippen molar-refractivity contribution in [1.29, 1.82) is 0 Å². The van der Waals surface area contributed by atoms with Crippen LogP contribution in [0, 0.1) is 5.41 Å². The monoisotopic (exact) mass is 599 g/mol. The highest BCUT2D eigenvalue weighted by Gasteiger charge is 2.25. The van der Waals surface area contributed by atoms with Crippen molar-refractivity contribution in [3.63, 3.8) is 0 Å². The van der Waals surface area contributed by atoms with Crippen molar-refractivity contribution in [2.45, 2.75) is 106 Å². The molecule has 1 fully saturated rings. The highest BCUT2D eigenvalue weighted by molar-refractivity contribution is 5.72. The van der Waals surface area contributed by atoms with Crippen LogP contribution in [-0.2, 0) is 19.1 Å². The number of methoxy groups -OCH3 is 1. The molecule has 1 unspecified atom stereocenters. The first-order valence-electron chi connectivity index (χ1n) is 15.5. The number of aliphatic hydroxyl groups is 1. The van der Waals surface area contributed by atoms with Crippen LogP contribution in [0.3, 0.4) is 0 Å². The Bertz CT molecular complexity index is 753. The Morgan fingerprint density at radius 2 is 1.40 bits per heavy atom. The fraction of sp³-hybridized carbons (Fsp3) is 0.818. The van der Waals surface area contributed by atoms with Crippen LogP contribution in [0.25, 0.3) is 0 Å². The van der Waals surface area contributed by atoms with Crippen LogP contribution in [-0.4, -0.2) is 115 Å². The summed E-state index contributed by atoms with van der Waals surface area (Å²) in [5, 5.41) is 10.9. The van der Waals surface area contributed by atoms with Gasteiger partial charge in [0.15, 0.2) is 0 Å². The molecule has 0 aromatic carbocycles. The fourth-order valence-corrected chi connectivity index (χ4v) is 4.23. The lowest BCUT2D eigenvalue weighted by atomic mass is 9.99. The molecule has 0 radical (unpaired) electrons. The van der Waals surface area contributed by atoms with Gasteiger partial charge >= 0.3 is 11.9 Å². The zero-order valence-corrected chi connectivity index (χ0v) is 29.1. The minimum Gasteiger partial charge on any atom is -0.516 e. The molecule has 1 heterocycles.